The van der Waals surface area contributed by atoms with Crippen LogP contribution < -0.4 is 4.74 Å². The summed E-state index contributed by atoms with van der Waals surface area (Å²) in [5.74, 6) is 6.06. The van der Waals surface area contributed by atoms with Crippen LogP contribution in [0, 0.1) is 24.2 Å². The number of pyridine rings is 1. The second-order valence-electron chi connectivity index (χ2n) is 9.50. The number of carbonyl (C=O) groups excluding carboxylic acids is 2. The molecule has 2 aromatic heterocycles. The Kier molecular flexibility index (Phi) is 5.93. The van der Waals surface area contributed by atoms with E-state index in [1.807, 2.05) is 54.1 Å². The van der Waals surface area contributed by atoms with Crippen molar-refractivity contribution in [3.05, 3.63) is 53.3 Å². The van der Waals surface area contributed by atoms with Crippen molar-refractivity contribution in [1.82, 2.24) is 24.6 Å². The van der Waals surface area contributed by atoms with E-state index in [1.165, 1.54) is 0 Å². The first-order chi connectivity index (χ1) is 16.9. The molecule has 1 aromatic carbocycles. The summed E-state index contributed by atoms with van der Waals surface area (Å²) in [5, 5.41) is 5.20. The highest BCUT2D eigenvalue weighted by molar-refractivity contribution is 6.02. The van der Waals surface area contributed by atoms with Gasteiger partial charge in [-0.15, -0.1) is 0 Å². The average Bonchev–Trinajstić information content (AvgIpc) is 3.42. The molecule has 0 aliphatic carbocycles. The fourth-order valence-corrected chi connectivity index (χ4v) is 5.34. The number of hydrogen-bond acceptors (Lipinski definition) is 5. The maximum absolute atomic E-state index is 13.5. The molecule has 8 nitrogen and oxygen atoms in total. The largest absolute Gasteiger partial charge is 0.495 e. The van der Waals surface area contributed by atoms with Crippen LogP contribution in [0.25, 0.3) is 11.0 Å². The normalized spacial score (nSPS) is 16.9. The van der Waals surface area contributed by atoms with E-state index >= 15 is 0 Å². The SMILES string of the molecule is COc1c(C(=O)N2CCC3(CCN(C(=O)C#Cc4ccccc4)CC3)C2)cnc2c1c(C)nn2C. The predicted molar refractivity (Wildman–Crippen MR) is 132 cm³/mol. The molecule has 0 unspecified atom stereocenters. The first-order valence-corrected chi connectivity index (χ1v) is 11.9. The standard InChI is InChI=1S/C27H29N5O3/c1-19-23-24(35-3)21(17-28-25(23)30(2)29-19)26(34)32-16-13-27(18-32)11-14-31(15-12-27)22(33)10-9-20-7-5-4-6-8-20/h4-8,17H,11-16,18H2,1-3H3. The number of fused-ring (bicyclic) bond motifs is 1. The zero-order valence-corrected chi connectivity index (χ0v) is 20.4. The third kappa shape index (κ3) is 4.23. The zero-order chi connectivity index (χ0) is 24.6. The van der Waals surface area contributed by atoms with Crippen LogP contribution in [0.15, 0.2) is 36.5 Å². The van der Waals surface area contributed by atoms with Crippen LogP contribution in [-0.2, 0) is 11.8 Å². The Morgan fingerprint density at radius 2 is 1.74 bits per heavy atom. The quantitative estimate of drug-likeness (QED) is 0.537. The molecule has 8 heteroatoms. The second-order valence-corrected chi connectivity index (χ2v) is 9.50. The summed E-state index contributed by atoms with van der Waals surface area (Å²) in [5.41, 5.74) is 2.82. The van der Waals surface area contributed by atoms with Gasteiger partial charge in [-0.1, -0.05) is 24.1 Å². The number of nitrogens with zero attached hydrogens (tertiary/aromatic N) is 5. The number of benzene rings is 1. The molecule has 0 N–H and O–H groups in total. The van der Waals surface area contributed by atoms with Crippen molar-refractivity contribution in [2.75, 3.05) is 33.3 Å². The van der Waals surface area contributed by atoms with Crippen LogP contribution in [0.2, 0.25) is 0 Å². The number of aryl methyl sites for hydroxylation is 2. The zero-order valence-electron chi connectivity index (χ0n) is 20.4. The van der Waals surface area contributed by atoms with Crippen molar-refractivity contribution in [3.8, 4) is 17.6 Å². The lowest BCUT2D eigenvalue weighted by Crippen LogP contribution is -2.44. The molecule has 4 heterocycles. The predicted octanol–water partition coefficient (Wildman–Crippen LogP) is 2.79. The van der Waals surface area contributed by atoms with Gasteiger partial charge in [-0.3, -0.25) is 14.3 Å². The molecule has 0 radical (unpaired) electrons. The Bertz CT molecular complexity index is 1340. The van der Waals surface area contributed by atoms with Crippen LogP contribution in [0.5, 0.6) is 5.75 Å². The number of likely N-dealkylation sites (tertiary alicyclic amines) is 2. The van der Waals surface area contributed by atoms with Gasteiger partial charge in [0.2, 0.25) is 0 Å². The van der Waals surface area contributed by atoms with Crippen LogP contribution in [0.3, 0.4) is 0 Å². The topological polar surface area (TPSA) is 80.6 Å². The number of carbonyl (C=O) groups is 2. The highest BCUT2D eigenvalue weighted by atomic mass is 16.5. The Balaban J connectivity index is 1.26. The summed E-state index contributed by atoms with van der Waals surface area (Å²) in [6.45, 7) is 4.58. The summed E-state index contributed by atoms with van der Waals surface area (Å²) in [4.78, 5) is 34.3. The summed E-state index contributed by atoms with van der Waals surface area (Å²) in [6.07, 6.45) is 4.26. The molecular weight excluding hydrogens is 442 g/mol. The van der Waals surface area contributed by atoms with Gasteiger partial charge in [0.25, 0.3) is 11.8 Å². The van der Waals surface area contributed by atoms with Crippen LogP contribution >= 0.6 is 0 Å². The van der Waals surface area contributed by atoms with E-state index < -0.39 is 0 Å². The van der Waals surface area contributed by atoms with E-state index in [-0.39, 0.29) is 17.2 Å². The lowest BCUT2D eigenvalue weighted by atomic mass is 9.78. The maximum Gasteiger partial charge on any atom is 0.298 e. The van der Waals surface area contributed by atoms with Gasteiger partial charge in [-0.2, -0.15) is 5.10 Å². The van der Waals surface area contributed by atoms with Crippen LogP contribution in [0.4, 0.5) is 0 Å². The van der Waals surface area contributed by atoms with Crippen molar-refractivity contribution in [2.24, 2.45) is 12.5 Å². The molecule has 2 saturated heterocycles. The van der Waals surface area contributed by atoms with Crippen molar-refractivity contribution < 1.29 is 14.3 Å². The van der Waals surface area contributed by atoms with Crippen molar-refractivity contribution in [3.63, 3.8) is 0 Å². The smallest absolute Gasteiger partial charge is 0.298 e. The minimum absolute atomic E-state index is 0.0360. The molecule has 2 aliphatic rings. The Morgan fingerprint density at radius 1 is 1.06 bits per heavy atom. The van der Waals surface area contributed by atoms with Gasteiger partial charge >= 0.3 is 0 Å². The first-order valence-electron chi connectivity index (χ1n) is 11.9. The summed E-state index contributed by atoms with van der Waals surface area (Å²) in [6, 6.07) is 9.54. The number of hydrogen-bond donors (Lipinski definition) is 0. The van der Waals surface area contributed by atoms with Gasteiger partial charge < -0.3 is 14.5 Å². The fourth-order valence-electron chi connectivity index (χ4n) is 5.34. The van der Waals surface area contributed by atoms with E-state index in [4.69, 9.17) is 4.74 Å². The van der Waals surface area contributed by atoms with Crippen molar-refractivity contribution >= 4 is 22.8 Å². The van der Waals surface area contributed by atoms with E-state index in [2.05, 4.69) is 21.9 Å². The average molecular weight is 472 g/mol. The summed E-state index contributed by atoms with van der Waals surface area (Å²) < 4.78 is 7.37. The molecule has 2 amide bonds. The molecule has 5 rings (SSSR count). The van der Waals surface area contributed by atoms with Crippen LogP contribution in [-0.4, -0.2) is 69.7 Å². The van der Waals surface area contributed by atoms with E-state index in [0.29, 0.717) is 43.1 Å². The van der Waals surface area contributed by atoms with Crippen molar-refractivity contribution in [1.29, 1.82) is 0 Å². The van der Waals surface area contributed by atoms with Gasteiger partial charge in [-0.25, -0.2) is 4.98 Å². The number of ether oxygens (including phenoxy) is 1. The van der Waals surface area contributed by atoms with Gasteiger partial charge in [0.05, 0.1) is 18.2 Å². The minimum Gasteiger partial charge on any atom is -0.495 e. The third-order valence-electron chi connectivity index (χ3n) is 7.34. The molecule has 180 valence electrons. The summed E-state index contributed by atoms with van der Waals surface area (Å²) in [7, 11) is 3.41. The molecule has 0 atom stereocenters. The molecule has 1 spiro atoms. The van der Waals surface area contributed by atoms with Gasteiger partial charge in [0, 0.05) is 50.9 Å². The Hall–Kier alpha value is -3.86. The number of piperidine rings is 1. The number of rotatable bonds is 2. The highest BCUT2D eigenvalue weighted by Crippen LogP contribution is 2.41. The fraction of sp³-hybridized carbons (Fsp3) is 0.407. The van der Waals surface area contributed by atoms with Crippen LogP contribution in [0.1, 0.15) is 40.9 Å². The molecule has 35 heavy (non-hydrogen) atoms. The second kappa shape index (κ2) is 9.06. The Labute approximate surface area is 204 Å². The van der Waals surface area contributed by atoms with E-state index in [0.717, 1.165) is 35.9 Å². The maximum atomic E-state index is 13.5. The summed E-state index contributed by atoms with van der Waals surface area (Å²) >= 11 is 0. The van der Waals surface area contributed by atoms with E-state index in [1.54, 1.807) is 18.0 Å². The molecule has 2 aliphatic heterocycles. The molecule has 0 bridgehead atoms. The number of aromatic nitrogens is 3. The molecule has 2 fully saturated rings. The van der Waals surface area contributed by atoms with Gasteiger partial charge in [-0.05, 0) is 43.7 Å². The van der Waals surface area contributed by atoms with Crippen molar-refractivity contribution in [2.45, 2.75) is 26.2 Å². The molecular formula is C27H29N5O3. The number of methoxy groups -OCH3 is 1. The number of amides is 2. The minimum atomic E-state index is -0.134. The lowest BCUT2D eigenvalue weighted by Gasteiger charge is -2.38. The van der Waals surface area contributed by atoms with E-state index in [9.17, 15) is 9.59 Å². The molecule has 3 aromatic rings. The molecule has 0 saturated carbocycles. The monoisotopic (exact) mass is 471 g/mol. The highest BCUT2D eigenvalue weighted by Gasteiger charge is 2.43. The van der Waals surface area contributed by atoms with Gasteiger partial charge in [0.15, 0.2) is 5.65 Å². The third-order valence-corrected chi connectivity index (χ3v) is 7.34. The Morgan fingerprint density at radius 3 is 2.43 bits per heavy atom. The van der Waals surface area contributed by atoms with Gasteiger partial charge in [0.1, 0.15) is 11.3 Å². The first kappa shape index (κ1) is 22.9. The lowest BCUT2D eigenvalue weighted by molar-refractivity contribution is -0.127.